The number of sulfone groups is 1. The molecular weight excluding hydrogens is 441 g/mol. The SMILES string of the molecule is CS(=O)(=O)c1ccccc1N1CCC(c2cc(F)c(F)cc2F)C(N)C1c1ccncn1. The number of rotatable bonds is 4. The smallest absolute Gasteiger partial charge is 0.177 e. The van der Waals surface area contributed by atoms with Crippen molar-refractivity contribution in [1.82, 2.24) is 9.97 Å². The molecule has 6 nitrogen and oxygen atoms in total. The van der Waals surface area contributed by atoms with Gasteiger partial charge in [0.05, 0.1) is 22.3 Å². The molecule has 0 spiro atoms. The Kier molecular flexibility index (Phi) is 5.91. The maximum atomic E-state index is 14.6. The maximum Gasteiger partial charge on any atom is 0.177 e. The molecule has 4 rings (SSSR count). The molecule has 2 aromatic carbocycles. The van der Waals surface area contributed by atoms with Crippen LogP contribution in [0.1, 0.15) is 29.6 Å². The first kappa shape index (κ1) is 22.2. The van der Waals surface area contributed by atoms with E-state index in [9.17, 15) is 21.6 Å². The third-order valence-electron chi connectivity index (χ3n) is 5.77. The summed E-state index contributed by atoms with van der Waals surface area (Å²) in [6.07, 6.45) is 4.28. The number of halogens is 3. The van der Waals surface area contributed by atoms with Crippen LogP contribution in [0, 0.1) is 17.5 Å². The van der Waals surface area contributed by atoms with E-state index >= 15 is 0 Å². The molecule has 1 aliphatic heterocycles. The van der Waals surface area contributed by atoms with E-state index < -0.39 is 45.3 Å². The first-order valence-corrected chi connectivity index (χ1v) is 11.8. The van der Waals surface area contributed by atoms with Gasteiger partial charge in [0, 0.05) is 37.0 Å². The van der Waals surface area contributed by atoms with Crippen LogP contribution in [0.25, 0.3) is 0 Å². The fourth-order valence-corrected chi connectivity index (χ4v) is 5.22. The number of nitrogens with zero attached hydrogens (tertiary/aromatic N) is 3. The summed E-state index contributed by atoms with van der Waals surface area (Å²) in [5, 5.41) is 0. The number of piperidine rings is 1. The average molecular weight is 462 g/mol. The Hall–Kier alpha value is -2.98. The van der Waals surface area contributed by atoms with Crippen LogP contribution in [0.4, 0.5) is 18.9 Å². The number of para-hydroxylation sites is 1. The summed E-state index contributed by atoms with van der Waals surface area (Å²) in [6, 6.07) is 8.07. The summed E-state index contributed by atoms with van der Waals surface area (Å²) < 4.78 is 66.8. The maximum absolute atomic E-state index is 14.6. The van der Waals surface area contributed by atoms with Crippen molar-refractivity contribution in [2.45, 2.75) is 29.3 Å². The number of aromatic nitrogens is 2. The Bertz CT molecular complexity index is 1240. The highest BCUT2D eigenvalue weighted by molar-refractivity contribution is 7.90. The molecule has 1 aliphatic rings. The minimum atomic E-state index is -3.56. The molecule has 32 heavy (non-hydrogen) atoms. The van der Waals surface area contributed by atoms with Gasteiger partial charge in [0.1, 0.15) is 12.1 Å². The van der Waals surface area contributed by atoms with Crippen molar-refractivity contribution in [2.75, 3.05) is 17.7 Å². The molecule has 10 heteroatoms. The van der Waals surface area contributed by atoms with Gasteiger partial charge in [-0.05, 0) is 36.2 Å². The lowest BCUT2D eigenvalue weighted by atomic mass is 9.79. The lowest BCUT2D eigenvalue weighted by Crippen LogP contribution is -2.51. The van der Waals surface area contributed by atoms with Gasteiger partial charge in [0.2, 0.25) is 0 Å². The highest BCUT2D eigenvalue weighted by Gasteiger charge is 2.41. The van der Waals surface area contributed by atoms with Gasteiger partial charge in [-0.25, -0.2) is 31.6 Å². The van der Waals surface area contributed by atoms with Gasteiger partial charge in [-0.2, -0.15) is 0 Å². The summed E-state index contributed by atoms with van der Waals surface area (Å²) in [4.78, 5) is 10.2. The summed E-state index contributed by atoms with van der Waals surface area (Å²) in [5.74, 6) is -3.95. The standard InChI is InChI=1S/C22H21F3N4O2S/c1-32(30,31)20-5-3-2-4-19(20)29-9-7-13(14-10-16(24)17(25)11-15(14)23)21(26)22(29)18-6-8-27-12-28-18/h2-6,8,10-13,21-22H,7,9,26H2,1H3. The van der Waals surface area contributed by atoms with Gasteiger partial charge in [-0.3, -0.25) is 0 Å². The van der Waals surface area contributed by atoms with Crippen molar-refractivity contribution in [3.63, 3.8) is 0 Å². The fourth-order valence-electron chi connectivity index (χ4n) is 4.33. The van der Waals surface area contributed by atoms with Crippen LogP contribution in [0.5, 0.6) is 0 Å². The molecular formula is C22H21F3N4O2S. The molecule has 0 bridgehead atoms. The molecule has 3 aromatic rings. The zero-order valence-electron chi connectivity index (χ0n) is 17.1. The number of hydrogen-bond acceptors (Lipinski definition) is 6. The van der Waals surface area contributed by atoms with Crippen LogP contribution in [0.2, 0.25) is 0 Å². The van der Waals surface area contributed by atoms with Gasteiger partial charge >= 0.3 is 0 Å². The van der Waals surface area contributed by atoms with Gasteiger partial charge in [0.25, 0.3) is 0 Å². The van der Waals surface area contributed by atoms with Crippen LogP contribution in [-0.4, -0.2) is 37.2 Å². The molecule has 1 fully saturated rings. The minimum Gasteiger partial charge on any atom is -0.360 e. The lowest BCUT2D eigenvalue weighted by Gasteiger charge is -2.45. The van der Waals surface area contributed by atoms with Crippen LogP contribution in [0.15, 0.2) is 59.9 Å². The zero-order valence-corrected chi connectivity index (χ0v) is 17.9. The first-order chi connectivity index (χ1) is 15.2. The normalized spacial score (nSPS) is 21.5. The van der Waals surface area contributed by atoms with Crippen molar-refractivity contribution in [2.24, 2.45) is 5.73 Å². The number of nitrogens with two attached hydrogens (primary N) is 1. The molecule has 0 radical (unpaired) electrons. The van der Waals surface area contributed by atoms with E-state index in [1.807, 2.05) is 4.90 Å². The van der Waals surface area contributed by atoms with Crippen LogP contribution in [0.3, 0.4) is 0 Å². The molecule has 3 atom stereocenters. The molecule has 2 heterocycles. The summed E-state index contributed by atoms with van der Waals surface area (Å²) in [5.41, 5.74) is 7.52. The first-order valence-electron chi connectivity index (χ1n) is 9.90. The molecule has 0 saturated carbocycles. The van der Waals surface area contributed by atoms with Gasteiger partial charge < -0.3 is 10.6 Å². The average Bonchev–Trinajstić information content (AvgIpc) is 2.76. The third-order valence-corrected chi connectivity index (χ3v) is 6.91. The van der Waals surface area contributed by atoms with Crippen LogP contribution < -0.4 is 10.6 Å². The monoisotopic (exact) mass is 462 g/mol. The third kappa shape index (κ3) is 4.07. The Morgan fingerprint density at radius 1 is 1.06 bits per heavy atom. The van der Waals surface area contributed by atoms with Crippen molar-refractivity contribution in [3.05, 3.63) is 83.7 Å². The predicted octanol–water partition coefficient (Wildman–Crippen LogP) is 3.36. The Balaban J connectivity index is 1.83. The molecule has 3 unspecified atom stereocenters. The summed E-state index contributed by atoms with van der Waals surface area (Å²) in [7, 11) is -3.56. The fraction of sp³-hybridized carbons (Fsp3) is 0.273. The van der Waals surface area contributed by atoms with E-state index in [4.69, 9.17) is 5.73 Å². The number of benzene rings is 2. The molecule has 168 valence electrons. The number of anilines is 1. The van der Waals surface area contributed by atoms with Gasteiger partial charge in [0.15, 0.2) is 21.5 Å². The van der Waals surface area contributed by atoms with E-state index in [0.29, 0.717) is 23.9 Å². The Morgan fingerprint density at radius 3 is 2.47 bits per heavy atom. The second-order valence-corrected chi connectivity index (χ2v) is 9.76. The van der Waals surface area contributed by atoms with E-state index in [-0.39, 0.29) is 17.0 Å². The largest absolute Gasteiger partial charge is 0.360 e. The second kappa shape index (κ2) is 8.51. The Labute approximate surface area is 183 Å². The van der Waals surface area contributed by atoms with Crippen LogP contribution in [-0.2, 0) is 9.84 Å². The van der Waals surface area contributed by atoms with E-state index in [2.05, 4.69) is 9.97 Å². The van der Waals surface area contributed by atoms with E-state index in [0.717, 1.165) is 12.3 Å². The molecule has 0 amide bonds. The lowest BCUT2D eigenvalue weighted by molar-refractivity contribution is 0.345. The van der Waals surface area contributed by atoms with Gasteiger partial charge in [-0.1, -0.05) is 12.1 Å². The second-order valence-electron chi connectivity index (χ2n) is 7.77. The molecule has 1 saturated heterocycles. The minimum absolute atomic E-state index is 0.0218. The molecule has 0 aliphatic carbocycles. The van der Waals surface area contributed by atoms with Crippen molar-refractivity contribution in [1.29, 1.82) is 0 Å². The molecule has 2 N–H and O–H groups in total. The topological polar surface area (TPSA) is 89.2 Å². The summed E-state index contributed by atoms with van der Waals surface area (Å²) >= 11 is 0. The summed E-state index contributed by atoms with van der Waals surface area (Å²) in [6.45, 7) is 0.290. The highest BCUT2D eigenvalue weighted by Crippen LogP contribution is 2.43. The highest BCUT2D eigenvalue weighted by atomic mass is 32.2. The molecule has 1 aromatic heterocycles. The van der Waals surface area contributed by atoms with Gasteiger partial charge in [-0.15, -0.1) is 0 Å². The van der Waals surface area contributed by atoms with E-state index in [1.54, 1.807) is 24.3 Å². The van der Waals surface area contributed by atoms with Crippen LogP contribution >= 0.6 is 0 Å². The van der Waals surface area contributed by atoms with Crippen molar-refractivity contribution in [3.8, 4) is 0 Å². The van der Waals surface area contributed by atoms with Crippen molar-refractivity contribution >= 4 is 15.5 Å². The Morgan fingerprint density at radius 2 is 1.78 bits per heavy atom. The predicted molar refractivity (Wildman–Crippen MR) is 113 cm³/mol. The quantitative estimate of drug-likeness (QED) is 0.598. The number of hydrogen-bond donors (Lipinski definition) is 1. The van der Waals surface area contributed by atoms with Crippen molar-refractivity contribution < 1.29 is 21.6 Å². The zero-order chi connectivity index (χ0) is 23.0. The van der Waals surface area contributed by atoms with E-state index in [1.165, 1.54) is 18.6 Å².